The Kier molecular flexibility index (Phi) is 6.74. The molecule has 0 aliphatic rings. The van der Waals surface area contributed by atoms with Crippen LogP contribution in [0, 0.1) is 0 Å². The van der Waals surface area contributed by atoms with Crippen LogP contribution in [0.1, 0.15) is 32.6 Å². The van der Waals surface area contributed by atoms with Crippen molar-refractivity contribution >= 4 is 11.8 Å². The van der Waals surface area contributed by atoms with Crippen molar-refractivity contribution in [1.82, 2.24) is 5.32 Å². The molecule has 82 valence electrons. The van der Waals surface area contributed by atoms with E-state index in [1.165, 1.54) is 0 Å². The molecule has 0 heterocycles. The summed E-state index contributed by atoms with van der Waals surface area (Å²) in [6.07, 6.45) is 2.27. The third-order valence-corrected chi connectivity index (χ3v) is 1.76. The van der Waals surface area contributed by atoms with Crippen molar-refractivity contribution in [2.24, 2.45) is 11.5 Å². The first-order valence-corrected chi connectivity index (χ1v) is 4.83. The minimum atomic E-state index is -0.402. The van der Waals surface area contributed by atoms with Crippen molar-refractivity contribution in [3.05, 3.63) is 0 Å². The van der Waals surface area contributed by atoms with E-state index < -0.39 is 5.91 Å². The summed E-state index contributed by atoms with van der Waals surface area (Å²) in [4.78, 5) is 21.4. The van der Waals surface area contributed by atoms with E-state index in [0.717, 1.165) is 12.8 Å². The van der Waals surface area contributed by atoms with Gasteiger partial charge in [0.05, 0.1) is 0 Å². The van der Waals surface area contributed by atoms with E-state index in [9.17, 15) is 9.59 Å². The fourth-order valence-electron chi connectivity index (χ4n) is 0.998. The highest BCUT2D eigenvalue weighted by Crippen LogP contribution is 1.97. The summed E-state index contributed by atoms with van der Waals surface area (Å²) in [5.74, 6) is -0.451. The Labute approximate surface area is 84.2 Å². The van der Waals surface area contributed by atoms with Crippen molar-refractivity contribution in [2.75, 3.05) is 6.54 Å². The normalized spacial score (nSPS) is 12.1. The lowest BCUT2D eigenvalue weighted by molar-refractivity contribution is -0.121. The van der Waals surface area contributed by atoms with Gasteiger partial charge in [0, 0.05) is 25.4 Å². The molecule has 14 heavy (non-hydrogen) atoms. The summed E-state index contributed by atoms with van der Waals surface area (Å²) < 4.78 is 0. The summed E-state index contributed by atoms with van der Waals surface area (Å²) in [6.45, 7) is 2.23. The van der Waals surface area contributed by atoms with Gasteiger partial charge in [-0.05, 0) is 19.8 Å². The fraction of sp³-hybridized carbons (Fsp3) is 0.778. The standard InChI is InChI=1S/C9H19N3O2/c1-7(10)3-2-4-9(14)12-6-5-8(11)13/h7H,2-6,10H2,1H3,(H2,11,13)(H,12,14). The van der Waals surface area contributed by atoms with Gasteiger partial charge in [0.15, 0.2) is 0 Å². The minimum absolute atomic E-state index is 0.0492. The monoisotopic (exact) mass is 201 g/mol. The third kappa shape index (κ3) is 8.99. The Morgan fingerprint density at radius 2 is 2.00 bits per heavy atom. The van der Waals surface area contributed by atoms with Crippen LogP contribution in [0.2, 0.25) is 0 Å². The molecule has 0 rings (SSSR count). The van der Waals surface area contributed by atoms with Crippen LogP contribution in [-0.2, 0) is 9.59 Å². The maximum Gasteiger partial charge on any atom is 0.220 e. The van der Waals surface area contributed by atoms with Gasteiger partial charge in [-0.1, -0.05) is 0 Å². The maximum atomic E-state index is 11.1. The molecule has 1 atom stereocenters. The molecule has 0 aromatic rings. The summed E-state index contributed by atoms with van der Waals surface area (Å²) in [5, 5.41) is 2.61. The SMILES string of the molecule is CC(N)CCCC(=O)NCCC(N)=O. The van der Waals surface area contributed by atoms with Gasteiger partial charge in [0.25, 0.3) is 0 Å². The van der Waals surface area contributed by atoms with E-state index in [4.69, 9.17) is 11.5 Å². The van der Waals surface area contributed by atoms with Crippen LogP contribution in [0.3, 0.4) is 0 Å². The zero-order valence-corrected chi connectivity index (χ0v) is 8.58. The number of carbonyl (C=O) groups is 2. The predicted octanol–water partition coefficient (Wildman–Crippen LogP) is -0.504. The van der Waals surface area contributed by atoms with Gasteiger partial charge in [-0.25, -0.2) is 0 Å². The maximum absolute atomic E-state index is 11.1. The Bertz CT molecular complexity index is 192. The molecule has 0 aliphatic heterocycles. The topological polar surface area (TPSA) is 98.2 Å². The molecule has 0 aromatic carbocycles. The van der Waals surface area contributed by atoms with Crippen LogP contribution in [0.25, 0.3) is 0 Å². The molecule has 0 radical (unpaired) electrons. The first-order chi connectivity index (χ1) is 6.52. The number of hydrogen-bond donors (Lipinski definition) is 3. The largest absolute Gasteiger partial charge is 0.370 e. The van der Waals surface area contributed by atoms with Crippen LogP contribution in [0.15, 0.2) is 0 Å². The number of nitrogens with two attached hydrogens (primary N) is 2. The molecule has 5 nitrogen and oxygen atoms in total. The van der Waals surface area contributed by atoms with Gasteiger partial charge < -0.3 is 16.8 Å². The van der Waals surface area contributed by atoms with Crippen LogP contribution in [0.5, 0.6) is 0 Å². The first-order valence-electron chi connectivity index (χ1n) is 4.83. The highest BCUT2D eigenvalue weighted by Gasteiger charge is 2.02. The number of amides is 2. The molecule has 0 saturated carbocycles. The van der Waals surface area contributed by atoms with Crippen molar-refractivity contribution < 1.29 is 9.59 Å². The highest BCUT2D eigenvalue weighted by atomic mass is 16.2. The van der Waals surface area contributed by atoms with E-state index in [1.807, 2.05) is 6.92 Å². The quantitative estimate of drug-likeness (QED) is 0.517. The summed E-state index contributed by atoms with van der Waals surface area (Å²) in [6, 6.07) is 0.133. The minimum Gasteiger partial charge on any atom is -0.370 e. The Hall–Kier alpha value is -1.10. The number of carbonyl (C=O) groups excluding carboxylic acids is 2. The summed E-state index contributed by atoms with van der Waals surface area (Å²) in [7, 11) is 0. The second-order valence-electron chi connectivity index (χ2n) is 3.44. The Balaban J connectivity index is 3.33. The van der Waals surface area contributed by atoms with Gasteiger partial charge >= 0.3 is 0 Å². The van der Waals surface area contributed by atoms with Gasteiger partial charge in [0.1, 0.15) is 0 Å². The number of rotatable bonds is 7. The number of nitrogens with one attached hydrogen (secondary N) is 1. The molecule has 5 heteroatoms. The second kappa shape index (κ2) is 7.32. The molecule has 1 unspecified atom stereocenters. The molecule has 0 saturated heterocycles. The van der Waals surface area contributed by atoms with Crippen molar-refractivity contribution in [1.29, 1.82) is 0 Å². The second-order valence-corrected chi connectivity index (χ2v) is 3.44. The van der Waals surface area contributed by atoms with E-state index in [0.29, 0.717) is 13.0 Å². The molecule has 5 N–H and O–H groups in total. The molecular weight excluding hydrogens is 182 g/mol. The zero-order chi connectivity index (χ0) is 11.0. The van der Waals surface area contributed by atoms with Crippen molar-refractivity contribution in [2.45, 2.75) is 38.6 Å². The predicted molar refractivity (Wildman–Crippen MR) is 54.3 cm³/mol. The lowest BCUT2D eigenvalue weighted by Gasteiger charge is -2.05. The third-order valence-electron chi connectivity index (χ3n) is 1.76. The van der Waals surface area contributed by atoms with Crippen LogP contribution in [0.4, 0.5) is 0 Å². The molecule has 0 aromatic heterocycles. The average molecular weight is 201 g/mol. The van der Waals surface area contributed by atoms with E-state index in [2.05, 4.69) is 5.32 Å². The summed E-state index contributed by atoms with van der Waals surface area (Å²) in [5.41, 5.74) is 10.4. The molecule has 2 amide bonds. The fourth-order valence-corrected chi connectivity index (χ4v) is 0.998. The molecular formula is C9H19N3O2. The Morgan fingerprint density at radius 3 is 2.50 bits per heavy atom. The molecule has 0 spiro atoms. The van der Waals surface area contributed by atoms with Crippen LogP contribution >= 0.6 is 0 Å². The first kappa shape index (κ1) is 12.9. The Morgan fingerprint density at radius 1 is 1.36 bits per heavy atom. The summed E-state index contributed by atoms with van der Waals surface area (Å²) >= 11 is 0. The van der Waals surface area contributed by atoms with Crippen molar-refractivity contribution in [3.63, 3.8) is 0 Å². The van der Waals surface area contributed by atoms with E-state index in [1.54, 1.807) is 0 Å². The lowest BCUT2D eigenvalue weighted by Crippen LogP contribution is -2.28. The van der Waals surface area contributed by atoms with Gasteiger partial charge in [-0.15, -0.1) is 0 Å². The molecule has 0 bridgehead atoms. The van der Waals surface area contributed by atoms with Gasteiger partial charge in [-0.2, -0.15) is 0 Å². The van der Waals surface area contributed by atoms with E-state index in [-0.39, 0.29) is 18.4 Å². The van der Waals surface area contributed by atoms with E-state index >= 15 is 0 Å². The van der Waals surface area contributed by atoms with Crippen LogP contribution in [-0.4, -0.2) is 24.4 Å². The van der Waals surface area contributed by atoms with Gasteiger partial charge in [-0.3, -0.25) is 9.59 Å². The number of hydrogen-bond acceptors (Lipinski definition) is 3. The molecule has 0 fully saturated rings. The van der Waals surface area contributed by atoms with Crippen LogP contribution < -0.4 is 16.8 Å². The molecule has 0 aliphatic carbocycles. The lowest BCUT2D eigenvalue weighted by atomic mass is 10.1. The van der Waals surface area contributed by atoms with Crippen molar-refractivity contribution in [3.8, 4) is 0 Å². The highest BCUT2D eigenvalue weighted by molar-refractivity contribution is 5.77. The zero-order valence-electron chi connectivity index (χ0n) is 8.58. The smallest absolute Gasteiger partial charge is 0.220 e. The average Bonchev–Trinajstić information content (AvgIpc) is 2.02. The van der Waals surface area contributed by atoms with Gasteiger partial charge in [0.2, 0.25) is 11.8 Å². The number of primary amides is 1.